The summed E-state index contributed by atoms with van der Waals surface area (Å²) in [7, 11) is 0. The average molecular weight is 308 g/mol. The van der Waals surface area contributed by atoms with Crippen LogP contribution in [-0.2, 0) is 11.3 Å². The van der Waals surface area contributed by atoms with Crippen LogP contribution in [0.2, 0.25) is 0 Å². The molecule has 1 aromatic heterocycles. The standard InChI is InChI=1S/C17H28N2O3/c1-6-9-10-11-18-16(20)14-12(4)15(17(21)22-8-3)19(7-2)13(14)5/h6-11H2,1-5H3,(H,18,20). The Hall–Kier alpha value is -1.78. The number of carbonyl (C=O) groups is 2. The van der Waals surface area contributed by atoms with Crippen LogP contribution in [0.1, 0.15) is 72.1 Å². The molecule has 5 nitrogen and oxygen atoms in total. The molecule has 22 heavy (non-hydrogen) atoms. The summed E-state index contributed by atoms with van der Waals surface area (Å²) in [6.07, 6.45) is 3.19. The summed E-state index contributed by atoms with van der Waals surface area (Å²) in [5.41, 5.74) is 2.60. The van der Waals surface area contributed by atoms with E-state index in [0.717, 1.165) is 25.0 Å². The zero-order valence-electron chi connectivity index (χ0n) is 14.4. The molecule has 0 aliphatic rings. The molecule has 0 aromatic carbocycles. The molecule has 1 heterocycles. The lowest BCUT2D eigenvalue weighted by molar-refractivity contribution is 0.0512. The Kier molecular flexibility index (Phi) is 7.15. The highest BCUT2D eigenvalue weighted by atomic mass is 16.5. The highest BCUT2D eigenvalue weighted by Gasteiger charge is 2.26. The van der Waals surface area contributed by atoms with Gasteiger partial charge < -0.3 is 14.6 Å². The molecule has 1 N–H and O–H groups in total. The first kappa shape index (κ1) is 18.3. The zero-order valence-corrected chi connectivity index (χ0v) is 14.4. The van der Waals surface area contributed by atoms with Gasteiger partial charge in [0, 0.05) is 18.8 Å². The molecule has 0 saturated carbocycles. The quantitative estimate of drug-likeness (QED) is 0.592. The number of nitrogens with one attached hydrogen (secondary N) is 1. The van der Waals surface area contributed by atoms with Gasteiger partial charge in [0.1, 0.15) is 5.69 Å². The second-order valence-electron chi connectivity index (χ2n) is 5.36. The van der Waals surface area contributed by atoms with Gasteiger partial charge in [0.2, 0.25) is 0 Å². The molecule has 0 aliphatic heterocycles. The number of hydrogen-bond acceptors (Lipinski definition) is 3. The van der Waals surface area contributed by atoms with E-state index in [0.29, 0.717) is 36.5 Å². The molecule has 124 valence electrons. The first-order valence-electron chi connectivity index (χ1n) is 8.14. The van der Waals surface area contributed by atoms with Gasteiger partial charge in [-0.3, -0.25) is 4.79 Å². The van der Waals surface area contributed by atoms with Crippen LogP contribution < -0.4 is 5.32 Å². The van der Waals surface area contributed by atoms with Gasteiger partial charge in [-0.25, -0.2) is 4.79 Å². The van der Waals surface area contributed by atoms with Crippen LogP contribution in [0.3, 0.4) is 0 Å². The molecule has 0 aliphatic carbocycles. The number of ether oxygens (including phenoxy) is 1. The van der Waals surface area contributed by atoms with E-state index in [1.165, 1.54) is 0 Å². The topological polar surface area (TPSA) is 60.3 Å². The van der Waals surface area contributed by atoms with Gasteiger partial charge in [-0.1, -0.05) is 19.8 Å². The van der Waals surface area contributed by atoms with Gasteiger partial charge in [-0.05, 0) is 39.7 Å². The first-order valence-corrected chi connectivity index (χ1v) is 8.14. The lowest BCUT2D eigenvalue weighted by Gasteiger charge is -2.08. The Labute approximate surface area is 133 Å². The first-order chi connectivity index (χ1) is 10.5. The van der Waals surface area contributed by atoms with Crippen molar-refractivity contribution in [2.24, 2.45) is 0 Å². The van der Waals surface area contributed by atoms with E-state index < -0.39 is 0 Å². The maximum atomic E-state index is 12.4. The minimum Gasteiger partial charge on any atom is -0.461 e. The highest BCUT2D eigenvalue weighted by molar-refractivity contribution is 6.01. The van der Waals surface area contributed by atoms with Crippen molar-refractivity contribution < 1.29 is 14.3 Å². The van der Waals surface area contributed by atoms with Crippen LogP contribution in [-0.4, -0.2) is 29.6 Å². The SMILES string of the molecule is CCCCCNC(=O)c1c(C)c(C(=O)OCC)n(CC)c1C. The molecule has 0 saturated heterocycles. The molecule has 1 aromatic rings. The number of amides is 1. The molecular weight excluding hydrogens is 280 g/mol. The molecule has 0 fully saturated rings. The monoisotopic (exact) mass is 308 g/mol. The molecular formula is C17H28N2O3. The second-order valence-corrected chi connectivity index (χ2v) is 5.36. The lowest BCUT2D eigenvalue weighted by Crippen LogP contribution is -2.25. The van der Waals surface area contributed by atoms with E-state index >= 15 is 0 Å². The van der Waals surface area contributed by atoms with Crippen LogP contribution in [0.5, 0.6) is 0 Å². The normalized spacial score (nSPS) is 10.6. The van der Waals surface area contributed by atoms with Gasteiger partial charge in [0.25, 0.3) is 5.91 Å². The third-order valence-corrected chi connectivity index (χ3v) is 3.84. The summed E-state index contributed by atoms with van der Waals surface area (Å²) in [4.78, 5) is 24.6. The van der Waals surface area contributed by atoms with Crippen molar-refractivity contribution in [1.82, 2.24) is 9.88 Å². The Morgan fingerprint density at radius 1 is 1.14 bits per heavy atom. The smallest absolute Gasteiger partial charge is 0.355 e. The van der Waals surface area contributed by atoms with Crippen molar-refractivity contribution in [3.63, 3.8) is 0 Å². The lowest BCUT2D eigenvalue weighted by atomic mass is 10.1. The minimum absolute atomic E-state index is 0.108. The third-order valence-electron chi connectivity index (χ3n) is 3.84. The van der Waals surface area contributed by atoms with Crippen molar-refractivity contribution in [2.75, 3.05) is 13.2 Å². The summed E-state index contributed by atoms with van der Waals surface area (Å²) in [6.45, 7) is 11.2. The largest absolute Gasteiger partial charge is 0.461 e. The summed E-state index contributed by atoms with van der Waals surface area (Å²) in [6, 6.07) is 0. The zero-order chi connectivity index (χ0) is 16.7. The molecule has 0 unspecified atom stereocenters. The number of rotatable bonds is 8. The van der Waals surface area contributed by atoms with E-state index in [2.05, 4.69) is 12.2 Å². The van der Waals surface area contributed by atoms with E-state index in [9.17, 15) is 9.59 Å². The number of nitrogens with zero attached hydrogens (tertiary/aromatic N) is 1. The van der Waals surface area contributed by atoms with Gasteiger partial charge in [-0.15, -0.1) is 0 Å². The van der Waals surface area contributed by atoms with Crippen molar-refractivity contribution in [2.45, 2.75) is 60.4 Å². The van der Waals surface area contributed by atoms with E-state index in [1.54, 1.807) is 6.92 Å². The van der Waals surface area contributed by atoms with E-state index in [4.69, 9.17) is 4.74 Å². The second kappa shape index (κ2) is 8.61. The summed E-state index contributed by atoms with van der Waals surface area (Å²) in [5.74, 6) is -0.473. The predicted octanol–water partition coefficient (Wildman–Crippen LogP) is 3.22. The van der Waals surface area contributed by atoms with E-state index in [-0.39, 0.29) is 11.9 Å². The van der Waals surface area contributed by atoms with Crippen LogP contribution in [0.4, 0.5) is 0 Å². The van der Waals surface area contributed by atoms with E-state index in [1.807, 2.05) is 25.3 Å². The number of unbranched alkanes of at least 4 members (excludes halogenated alkanes) is 2. The van der Waals surface area contributed by atoms with Crippen LogP contribution in [0, 0.1) is 13.8 Å². The Morgan fingerprint density at radius 2 is 1.82 bits per heavy atom. The molecule has 1 rings (SSSR count). The Balaban J connectivity index is 3.05. The van der Waals surface area contributed by atoms with Crippen molar-refractivity contribution >= 4 is 11.9 Å². The van der Waals surface area contributed by atoms with Crippen LogP contribution >= 0.6 is 0 Å². The van der Waals surface area contributed by atoms with Crippen LogP contribution in [0.15, 0.2) is 0 Å². The van der Waals surface area contributed by atoms with Gasteiger partial charge >= 0.3 is 5.97 Å². The van der Waals surface area contributed by atoms with Crippen molar-refractivity contribution in [1.29, 1.82) is 0 Å². The van der Waals surface area contributed by atoms with Crippen LogP contribution in [0.25, 0.3) is 0 Å². The molecule has 0 spiro atoms. The third kappa shape index (κ3) is 3.90. The summed E-state index contributed by atoms with van der Waals surface area (Å²) >= 11 is 0. The Morgan fingerprint density at radius 3 is 2.36 bits per heavy atom. The van der Waals surface area contributed by atoms with Gasteiger partial charge in [0.05, 0.1) is 12.2 Å². The van der Waals surface area contributed by atoms with Crippen molar-refractivity contribution in [3.8, 4) is 0 Å². The molecule has 1 amide bonds. The fourth-order valence-corrected chi connectivity index (χ4v) is 2.75. The average Bonchev–Trinajstić information content (AvgIpc) is 2.74. The maximum Gasteiger partial charge on any atom is 0.355 e. The molecule has 0 atom stereocenters. The molecule has 0 radical (unpaired) electrons. The summed E-state index contributed by atoms with van der Waals surface area (Å²) < 4.78 is 6.98. The number of carbonyl (C=O) groups excluding carboxylic acids is 2. The minimum atomic E-state index is -0.366. The fourth-order valence-electron chi connectivity index (χ4n) is 2.75. The summed E-state index contributed by atoms with van der Waals surface area (Å²) in [5, 5.41) is 2.95. The highest BCUT2D eigenvalue weighted by Crippen LogP contribution is 2.23. The maximum absolute atomic E-state index is 12.4. The predicted molar refractivity (Wildman–Crippen MR) is 87.4 cm³/mol. The number of esters is 1. The van der Waals surface area contributed by atoms with Gasteiger partial charge in [0.15, 0.2) is 0 Å². The fraction of sp³-hybridized carbons (Fsp3) is 0.647. The molecule has 0 bridgehead atoms. The number of hydrogen-bond donors (Lipinski definition) is 1. The number of aromatic nitrogens is 1. The molecule has 5 heteroatoms. The van der Waals surface area contributed by atoms with Gasteiger partial charge in [-0.2, -0.15) is 0 Å². The van der Waals surface area contributed by atoms with Crippen molar-refractivity contribution in [3.05, 3.63) is 22.5 Å². The Bertz CT molecular complexity index is 532.